The Morgan fingerprint density at radius 1 is 1.47 bits per heavy atom. The Morgan fingerprint density at radius 2 is 2.07 bits per heavy atom. The summed E-state index contributed by atoms with van der Waals surface area (Å²) in [5, 5.41) is 0. The van der Waals surface area contributed by atoms with Gasteiger partial charge in [-0.15, -0.1) is 0 Å². The van der Waals surface area contributed by atoms with Gasteiger partial charge in [0.2, 0.25) is 0 Å². The van der Waals surface area contributed by atoms with Gasteiger partial charge >= 0.3 is 5.97 Å². The summed E-state index contributed by atoms with van der Waals surface area (Å²) in [4.78, 5) is 11.7. The molecular weight excluding hydrogens is 195 g/mol. The summed E-state index contributed by atoms with van der Waals surface area (Å²) in [6, 6.07) is 0. The molecule has 84 valence electrons. The largest absolute Gasteiger partial charge is 0.457 e. The van der Waals surface area contributed by atoms with Gasteiger partial charge in [-0.2, -0.15) is 0 Å². The smallest absolute Gasteiger partial charge is 0.334 e. The highest BCUT2D eigenvalue weighted by Crippen LogP contribution is 2.27. The topological polar surface area (TPSA) is 26.3 Å². The van der Waals surface area contributed by atoms with Crippen LogP contribution in [-0.4, -0.2) is 11.6 Å². The van der Waals surface area contributed by atoms with Crippen molar-refractivity contribution in [2.75, 3.05) is 0 Å². The minimum atomic E-state index is -0.503. The SMILES string of the molecule is CC1CC(F)=CC=C1C(=O)OC(C)(C)C. The molecule has 2 nitrogen and oxygen atoms in total. The fourth-order valence-electron chi connectivity index (χ4n) is 1.42. The first-order chi connectivity index (χ1) is 6.79. The Hall–Kier alpha value is -1.12. The maximum absolute atomic E-state index is 12.9. The molecule has 0 N–H and O–H groups in total. The van der Waals surface area contributed by atoms with Crippen LogP contribution in [0.2, 0.25) is 0 Å². The van der Waals surface area contributed by atoms with Gasteiger partial charge < -0.3 is 4.74 Å². The predicted octanol–water partition coefficient (Wildman–Crippen LogP) is 3.15. The summed E-state index contributed by atoms with van der Waals surface area (Å²) in [5.41, 5.74) is 0.0449. The molecular formula is C12H17FO2. The van der Waals surface area contributed by atoms with Crippen molar-refractivity contribution in [3.8, 4) is 0 Å². The molecule has 0 amide bonds. The second-order valence-electron chi connectivity index (χ2n) is 4.84. The van der Waals surface area contributed by atoms with Crippen molar-refractivity contribution in [2.24, 2.45) is 5.92 Å². The zero-order valence-corrected chi connectivity index (χ0v) is 9.63. The Balaban J connectivity index is 2.76. The van der Waals surface area contributed by atoms with Gasteiger partial charge in [-0.25, -0.2) is 9.18 Å². The highest BCUT2D eigenvalue weighted by atomic mass is 19.1. The Morgan fingerprint density at radius 3 is 2.53 bits per heavy atom. The molecule has 1 atom stereocenters. The first kappa shape index (κ1) is 12.0. The van der Waals surface area contributed by atoms with E-state index in [1.165, 1.54) is 12.2 Å². The number of carbonyl (C=O) groups is 1. The molecule has 1 aliphatic rings. The van der Waals surface area contributed by atoms with Crippen molar-refractivity contribution in [2.45, 2.75) is 39.7 Å². The van der Waals surface area contributed by atoms with E-state index in [1.807, 2.05) is 27.7 Å². The number of hydrogen-bond donors (Lipinski definition) is 0. The average molecular weight is 212 g/mol. The molecule has 0 fully saturated rings. The van der Waals surface area contributed by atoms with Crippen LogP contribution in [0, 0.1) is 5.92 Å². The number of rotatable bonds is 1. The monoisotopic (exact) mass is 212 g/mol. The molecule has 15 heavy (non-hydrogen) atoms. The van der Waals surface area contributed by atoms with Crippen LogP contribution in [0.5, 0.6) is 0 Å². The molecule has 0 aromatic heterocycles. The van der Waals surface area contributed by atoms with Crippen LogP contribution in [0.3, 0.4) is 0 Å². The number of allylic oxidation sites excluding steroid dienone is 3. The minimum absolute atomic E-state index is 0.107. The zero-order chi connectivity index (χ0) is 11.6. The molecule has 0 aliphatic heterocycles. The number of ether oxygens (including phenoxy) is 1. The van der Waals surface area contributed by atoms with E-state index in [0.29, 0.717) is 5.57 Å². The molecule has 1 rings (SSSR count). The maximum atomic E-state index is 12.9. The third-order valence-electron chi connectivity index (χ3n) is 2.11. The Kier molecular flexibility index (Phi) is 3.32. The van der Waals surface area contributed by atoms with E-state index in [2.05, 4.69) is 0 Å². The van der Waals surface area contributed by atoms with Crippen molar-refractivity contribution < 1.29 is 13.9 Å². The van der Waals surface area contributed by atoms with Crippen LogP contribution >= 0.6 is 0 Å². The first-order valence-corrected chi connectivity index (χ1v) is 5.09. The lowest BCUT2D eigenvalue weighted by Gasteiger charge is -2.23. The van der Waals surface area contributed by atoms with Gasteiger partial charge in [0.15, 0.2) is 0 Å². The average Bonchev–Trinajstić information content (AvgIpc) is 1.99. The predicted molar refractivity (Wildman–Crippen MR) is 56.9 cm³/mol. The highest BCUT2D eigenvalue weighted by molar-refractivity contribution is 5.90. The quantitative estimate of drug-likeness (QED) is 0.624. The van der Waals surface area contributed by atoms with Gasteiger partial charge in [-0.3, -0.25) is 0 Å². The summed E-state index contributed by atoms with van der Waals surface area (Å²) >= 11 is 0. The molecule has 0 radical (unpaired) electrons. The Labute approximate surface area is 89.8 Å². The third-order valence-corrected chi connectivity index (χ3v) is 2.11. The molecule has 3 heteroatoms. The molecule has 0 heterocycles. The number of hydrogen-bond acceptors (Lipinski definition) is 2. The van der Waals surface area contributed by atoms with Gasteiger partial charge in [0.05, 0.1) is 0 Å². The van der Waals surface area contributed by atoms with E-state index in [9.17, 15) is 9.18 Å². The van der Waals surface area contributed by atoms with E-state index < -0.39 is 5.60 Å². The summed E-state index contributed by atoms with van der Waals surface area (Å²) in [6.07, 6.45) is 3.13. The van der Waals surface area contributed by atoms with E-state index in [4.69, 9.17) is 4.74 Å². The number of carbonyl (C=O) groups excluding carboxylic acids is 1. The lowest BCUT2D eigenvalue weighted by molar-refractivity contribution is -0.150. The van der Waals surface area contributed by atoms with Crippen LogP contribution < -0.4 is 0 Å². The fourth-order valence-corrected chi connectivity index (χ4v) is 1.42. The molecule has 0 bridgehead atoms. The molecule has 0 aromatic rings. The van der Waals surface area contributed by atoms with Gasteiger partial charge in [0.25, 0.3) is 0 Å². The van der Waals surface area contributed by atoms with Crippen molar-refractivity contribution in [1.82, 2.24) is 0 Å². The molecule has 0 saturated heterocycles. The van der Waals surface area contributed by atoms with Crippen LogP contribution in [0.25, 0.3) is 0 Å². The van der Waals surface area contributed by atoms with Crippen molar-refractivity contribution in [3.05, 3.63) is 23.6 Å². The summed E-state index contributed by atoms with van der Waals surface area (Å²) in [5.74, 6) is -0.640. The van der Waals surface area contributed by atoms with E-state index in [1.54, 1.807) is 0 Å². The zero-order valence-electron chi connectivity index (χ0n) is 9.63. The lowest BCUT2D eigenvalue weighted by Crippen LogP contribution is -2.27. The summed E-state index contributed by atoms with van der Waals surface area (Å²) < 4.78 is 18.1. The fraction of sp³-hybridized carbons (Fsp3) is 0.583. The van der Waals surface area contributed by atoms with Crippen molar-refractivity contribution >= 4 is 5.97 Å². The van der Waals surface area contributed by atoms with Gasteiger partial charge in [-0.1, -0.05) is 6.92 Å². The van der Waals surface area contributed by atoms with Gasteiger partial charge in [0.1, 0.15) is 11.4 Å². The molecule has 0 spiro atoms. The van der Waals surface area contributed by atoms with Crippen molar-refractivity contribution in [3.63, 3.8) is 0 Å². The minimum Gasteiger partial charge on any atom is -0.457 e. The number of halogens is 1. The normalized spacial score (nSPS) is 21.8. The van der Waals surface area contributed by atoms with Gasteiger partial charge in [-0.05, 0) is 38.8 Å². The van der Waals surface area contributed by atoms with Crippen LogP contribution in [-0.2, 0) is 9.53 Å². The molecule has 0 saturated carbocycles. The lowest BCUT2D eigenvalue weighted by atomic mass is 9.92. The third kappa shape index (κ3) is 3.50. The molecule has 0 aromatic carbocycles. The van der Waals surface area contributed by atoms with E-state index in [-0.39, 0.29) is 24.1 Å². The first-order valence-electron chi connectivity index (χ1n) is 5.09. The van der Waals surface area contributed by atoms with Crippen molar-refractivity contribution in [1.29, 1.82) is 0 Å². The second kappa shape index (κ2) is 4.17. The molecule has 1 unspecified atom stereocenters. The molecule has 1 aliphatic carbocycles. The van der Waals surface area contributed by atoms with E-state index >= 15 is 0 Å². The summed E-state index contributed by atoms with van der Waals surface area (Å²) in [6.45, 7) is 7.27. The Bertz CT molecular complexity index is 321. The van der Waals surface area contributed by atoms with Crippen LogP contribution in [0.4, 0.5) is 4.39 Å². The highest BCUT2D eigenvalue weighted by Gasteiger charge is 2.25. The van der Waals surface area contributed by atoms with Crippen LogP contribution in [0.1, 0.15) is 34.1 Å². The van der Waals surface area contributed by atoms with Crippen LogP contribution in [0.15, 0.2) is 23.6 Å². The van der Waals surface area contributed by atoms with E-state index in [0.717, 1.165) is 0 Å². The maximum Gasteiger partial charge on any atom is 0.334 e. The van der Waals surface area contributed by atoms with Gasteiger partial charge in [0, 0.05) is 12.0 Å². The standard InChI is InChI=1S/C12H17FO2/c1-8-7-9(13)5-6-10(8)11(14)15-12(2,3)4/h5-6,8H,7H2,1-4H3. The number of esters is 1. The summed E-state index contributed by atoms with van der Waals surface area (Å²) in [7, 11) is 0. The second-order valence-corrected chi connectivity index (χ2v) is 4.84.